The number of amides is 1. The van der Waals surface area contributed by atoms with Crippen LogP contribution < -0.4 is 5.32 Å². The minimum atomic E-state index is -0.960. The van der Waals surface area contributed by atoms with Gasteiger partial charge in [0.05, 0.1) is 11.3 Å². The van der Waals surface area contributed by atoms with Crippen molar-refractivity contribution in [3.05, 3.63) is 46.5 Å². The first-order chi connectivity index (χ1) is 11.3. The van der Waals surface area contributed by atoms with Gasteiger partial charge in [0.1, 0.15) is 0 Å². The number of hydrogen-bond donors (Lipinski definition) is 1. The number of anilines is 1. The highest BCUT2D eigenvalue weighted by Gasteiger charge is 2.22. The van der Waals surface area contributed by atoms with Crippen LogP contribution in [-0.2, 0) is 16.1 Å². The van der Waals surface area contributed by atoms with Crippen molar-refractivity contribution in [3.8, 4) is 0 Å². The van der Waals surface area contributed by atoms with E-state index in [1.165, 1.54) is 13.1 Å². The quantitative estimate of drug-likeness (QED) is 0.663. The van der Waals surface area contributed by atoms with E-state index in [1.54, 1.807) is 18.2 Å². The predicted molar refractivity (Wildman–Crippen MR) is 92.3 cm³/mol. The molecule has 7 heteroatoms. The van der Waals surface area contributed by atoms with Crippen LogP contribution in [-0.4, -0.2) is 27.5 Å². The summed E-state index contributed by atoms with van der Waals surface area (Å²) in [5.41, 5.74) is 2.63. The van der Waals surface area contributed by atoms with E-state index >= 15 is 0 Å². The number of ether oxygens (including phenoxy) is 1. The number of nitrogens with one attached hydrogen (secondary N) is 1. The van der Waals surface area contributed by atoms with Crippen molar-refractivity contribution >= 4 is 29.2 Å². The van der Waals surface area contributed by atoms with Gasteiger partial charge in [-0.3, -0.25) is 4.79 Å². The molecule has 0 spiro atoms. The van der Waals surface area contributed by atoms with E-state index in [0.29, 0.717) is 11.3 Å². The third-order valence-corrected chi connectivity index (χ3v) is 4.08. The topological polar surface area (TPSA) is 73.2 Å². The molecule has 0 fully saturated rings. The van der Waals surface area contributed by atoms with Gasteiger partial charge in [0.25, 0.3) is 5.91 Å². The molecule has 0 aliphatic rings. The highest BCUT2D eigenvalue weighted by Crippen LogP contribution is 2.19. The number of esters is 1. The van der Waals surface area contributed by atoms with Crippen molar-refractivity contribution in [2.45, 2.75) is 40.3 Å². The normalized spacial score (nSPS) is 11.9. The first kappa shape index (κ1) is 18.0. The molecule has 1 atom stereocenters. The molecule has 0 bridgehead atoms. The molecule has 0 aliphatic carbocycles. The molecule has 2 aromatic rings. The Hall–Kier alpha value is -2.34. The van der Waals surface area contributed by atoms with Crippen LogP contribution in [0.4, 0.5) is 5.69 Å². The van der Waals surface area contributed by atoms with E-state index in [4.69, 9.17) is 16.3 Å². The summed E-state index contributed by atoms with van der Waals surface area (Å²) in [6, 6.07) is 5.04. The highest BCUT2D eigenvalue weighted by atomic mass is 35.5. The maximum Gasteiger partial charge on any atom is 0.340 e. The second kappa shape index (κ2) is 7.49. The minimum Gasteiger partial charge on any atom is -0.449 e. The summed E-state index contributed by atoms with van der Waals surface area (Å²) in [5, 5.41) is 2.77. The molecule has 0 aromatic carbocycles. The summed E-state index contributed by atoms with van der Waals surface area (Å²) in [7, 11) is 0. The number of rotatable bonds is 5. The molecule has 6 nitrogen and oxygen atoms in total. The fraction of sp³-hybridized carbons (Fsp3) is 0.353. The summed E-state index contributed by atoms with van der Waals surface area (Å²) in [6.07, 6.45) is 0.559. The van der Waals surface area contributed by atoms with Crippen LogP contribution in [0.1, 0.15) is 35.6 Å². The van der Waals surface area contributed by atoms with E-state index in [0.717, 1.165) is 17.9 Å². The lowest BCUT2D eigenvalue weighted by Crippen LogP contribution is -2.30. The molecular formula is C17H20ClN3O3. The molecule has 0 saturated carbocycles. The van der Waals surface area contributed by atoms with Gasteiger partial charge in [-0.15, -0.1) is 0 Å². The summed E-state index contributed by atoms with van der Waals surface area (Å²) in [6.45, 7) is 8.06. The zero-order valence-electron chi connectivity index (χ0n) is 14.1. The van der Waals surface area contributed by atoms with Crippen molar-refractivity contribution in [2.75, 3.05) is 5.32 Å². The average Bonchev–Trinajstić information content (AvgIpc) is 2.83. The second-order valence-corrected chi connectivity index (χ2v) is 5.77. The van der Waals surface area contributed by atoms with Gasteiger partial charge in [-0.2, -0.15) is 0 Å². The van der Waals surface area contributed by atoms with Gasteiger partial charge in [0.15, 0.2) is 11.3 Å². The van der Waals surface area contributed by atoms with Gasteiger partial charge in [-0.1, -0.05) is 11.6 Å². The Morgan fingerprint density at radius 2 is 2.12 bits per heavy atom. The number of aromatic nitrogens is 2. The van der Waals surface area contributed by atoms with Gasteiger partial charge in [0.2, 0.25) is 0 Å². The van der Waals surface area contributed by atoms with E-state index in [2.05, 4.69) is 10.3 Å². The summed E-state index contributed by atoms with van der Waals surface area (Å²) in [5.74, 6) is -0.995. The fourth-order valence-electron chi connectivity index (χ4n) is 2.49. The Balaban J connectivity index is 2.06. The number of nitrogens with zero attached hydrogens (tertiary/aromatic N) is 2. The Bertz CT molecular complexity index is 770. The fourth-order valence-corrected chi connectivity index (χ4v) is 2.65. The van der Waals surface area contributed by atoms with Crippen molar-refractivity contribution in [3.63, 3.8) is 0 Å². The van der Waals surface area contributed by atoms with Crippen molar-refractivity contribution in [1.82, 2.24) is 9.55 Å². The second-order valence-electron chi connectivity index (χ2n) is 5.41. The molecular weight excluding hydrogens is 330 g/mol. The molecule has 2 heterocycles. The maximum absolute atomic E-state index is 12.3. The molecule has 1 N–H and O–H groups in total. The van der Waals surface area contributed by atoms with Crippen LogP contribution in [0.2, 0.25) is 5.15 Å². The Morgan fingerprint density at radius 3 is 2.71 bits per heavy atom. The van der Waals surface area contributed by atoms with Gasteiger partial charge in [-0.25, -0.2) is 9.78 Å². The van der Waals surface area contributed by atoms with Gasteiger partial charge >= 0.3 is 5.97 Å². The number of carbonyl (C=O) groups is 2. The number of carbonyl (C=O) groups excluding carboxylic acids is 2. The largest absolute Gasteiger partial charge is 0.449 e. The monoisotopic (exact) mass is 349 g/mol. The van der Waals surface area contributed by atoms with Gasteiger partial charge < -0.3 is 14.6 Å². The molecule has 128 valence electrons. The van der Waals surface area contributed by atoms with Crippen LogP contribution in [0.25, 0.3) is 0 Å². The van der Waals surface area contributed by atoms with Crippen molar-refractivity contribution < 1.29 is 14.3 Å². The molecule has 0 saturated heterocycles. The lowest BCUT2D eigenvalue weighted by molar-refractivity contribution is -0.123. The average molecular weight is 350 g/mol. The summed E-state index contributed by atoms with van der Waals surface area (Å²) < 4.78 is 7.29. The molecule has 0 radical (unpaired) electrons. The number of aryl methyl sites for hydroxylation is 1. The molecule has 2 aromatic heterocycles. The Labute approximate surface area is 145 Å². The van der Waals surface area contributed by atoms with Crippen molar-refractivity contribution in [1.29, 1.82) is 0 Å². The third-order valence-electron chi connectivity index (χ3n) is 3.78. The maximum atomic E-state index is 12.3. The first-order valence-electron chi connectivity index (χ1n) is 7.64. The van der Waals surface area contributed by atoms with Crippen LogP contribution in [0.3, 0.4) is 0 Å². The molecule has 24 heavy (non-hydrogen) atoms. The SMILES string of the molecule is CCn1c(C)cc(C(=O)O[C@H](C)C(=O)Nc2cccnc2Cl)c1C. The Morgan fingerprint density at radius 1 is 1.42 bits per heavy atom. The van der Waals surface area contributed by atoms with Crippen molar-refractivity contribution in [2.24, 2.45) is 0 Å². The smallest absolute Gasteiger partial charge is 0.340 e. The first-order valence-corrected chi connectivity index (χ1v) is 8.02. The van der Waals surface area contributed by atoms with E-state index in [1.807, 2.05) is 25.3 Å². The van der Waals surface area contributed by atoms with E-state index < -0.39 is 18.0 Å². The lowest BCUT2D eigenvalue weighted by atomic mass is 10.2. The van der Waals surface area contributed by atoms with E-state index in [9.17, 15) is 9.59 Å². The Kier molecular flexibility index (Phi) is 5.62. The predicted octanol–water partition coefficient (Wildman–Crippen LogP) is 3.36. The summed E-state index contributed by atoms with van der Waals surface area (Å²) in [4.78, 5) is 28.4. The van der Waals surface area contributed by atoms with Crippen LogP contribution in [0.15, 0.2) is 24.4 Å². The standard InChI is InChI=1S/C17H20ClN3O3/c1-5-21-10(2)9-13(11(21)3)17(23)24-12(4)16(22)20-14-7-6-8-19-15(14)18/h6-9,12H,5H2,1-4H3,(H,20,22)/t12-/m1/s1. The van der Waals surface area contributed by atoms with Crippen LogP contribution in [0, 0.1) is 13.8 Å². The summed E-state index contributed by atoms with van der Waals surface area (Å²) >= 11 is 5.90. The molecule has 2 rings (SSSR count). The zero-order chi connectivity index (χ0) is 17.9. The molecule has 0 aliphatic heterocycles. The lowest BCUT2D eigenvalue weighted by Gasteiger charge is -2.14. The van der Waals surface area contributed by atoms with Gasteiger partial charge in [-0.05, 0) is 45.9 Å². The molecule has 0 unspecified atom stereocenters. The van der Waals surface area contributed by atoms with Gasteiger partial charge in [0, 0.05) is 24.1 Å². The zero-order valence-corrected chi connectivity index (χ0v) is 14.8. The number of halogens is 1. The number of pyridine rings is 1. The molecule has 1 amide bonds. The van der Waals surface area contributed by atoms with E-state index in [-0.39, 0.29) is 5.15 Å². The number of hydrogen-bond acceptors (Lipinski definition) is 4. The third kappa shape index (κ3) is 3.76. The minimum absolute atomic E-state index is 0.177. The van der Waals surface area contributed by atoms with Crippen LogP contribution in [0.5, 0.6) is 0 Å². The highest BCUT2D eigenvalue weighted by molar-refractivity contribution is 6.32. The van der Waals surface area contributed by atoms with Crippen LogP contribution >= 0.6 is 11.6 Å².